The van der Waals surface area contributed by atoms with Crippen molar-refractivity contribution in [3.05, 3.63) is 64.2 Å². The maximum Gasteiger partial charge on any atom is 0.255 e. The molecule has 2 N–H and O–H groups in total. The molecule has 0 fully saturated rings. The Balaban J connectivity index is 1.93. The van der Waals surface area contributed by atoms with Crippen molar-refractivity contribution in [3.63, 3.8) is 0 Å². The molecule has 0 saturated heterocycles. The Bertz CT molecular complexity index is 716. The molecule has 3 nitrogen and oxygen atoms in total. The van der Waals surface area contributed by atoms with E-state index in [-0.39, 0.29) is 12.1 Å². The largest absolute Gasteiger partial charge is 0.361 e. The summed E-state index contributed by atoms with van der Waals surface area (Å²) in [6.07, 6.45) is 3.01. The zero-order valence-corrected chi connectivity index (χ0v) is 14.1. The minimum absolute atomic E-state index is 0.0228. The number of hydrogen-bond donors (Lipinski definition) is 2. The van der Waals surface area contributed by atoms with E-state index in [1.165, 1.54) is 11.1 Å². The maximum absolute atomic E-state index is 12.7. The molecule has 1 heterocycles. The highest BCUT2D eigenvalue weighted by Crippen LogP contribution is 2.30. The second-order valence-electron chi connectivity index (χ2n) is 6.42. The van der Waals surface area contributed by atoms with Gasteiger partial charge in [-0.25, -0.2) is 0 Å². The minimum Gasteiger partial charge on any atom is -0.361 e. The summed E-state index contributed by atoms with van der Waals surface area (Å²) in [4.78, 5) is 12.7. The van der Waals surface area contributed by atoms with Crippen molar-refractivity contribution in [2.45, 2.75) is 46.2 Å². The molecule has 1 aliphatic rings. The topological polar surface area (TPSA) is 41.1 Å². The van der Waals surface area contributed by atoms with Gasteiger partial charge in [-0.3, -0.25) is 4.79 Å². The summed E-state index contributed by atoms with van der Waals surface area (Å²) < 4.78 is 0. The predicted octanol–water partition coefficient (Wildman–Crippen LogP) is 4.50. The van der Waals surface area contributed by atoms with Crippen molar-refractivity contribution in [1.29, 1.82) is 0 Å². The number of benzene rings is 2. The monoisotopic (exact) mass is 308 g/mol. The highest BCUT2D eigenvalue weighted by molar-refractivity contribution is 6.03. The van der Waals surface area contributed by atoms with Crippen LogP contribution < -0.4 is 10.6 Å². The summed E-state index contributed by atoms with van der Waals surface area (Å²) in [5, 5.41) is 6.59. The van der Waals surface area contributed by atoms with Crippen LogP contribution in [0.25, 0.3) is 0 Å². The lowest BCUT2D eigenvalue weighted by Gasteiger charge is -2.30. The van der Waals surface area contributed by atoms with Gasteiger partial charge >= 0.3 is 0 Å². The van der Waals surface area contributed by atoms with Crippen LogP contribution in [0, 0.1) is 13.8 Å². The van der Waals surface area contributed by atoms with E-state index >= 15 is 0 Å². The third kappa shape index (κ3) is 3.24. The van der Waals surface area contributed by atoms with E-state index in [1.807, 2.05) is 12.1 Å². The Morgan fingerprint density at radius 2 is 1.78 bits per heavy atom. The van der Waals surface area contributed by atoms with Crippen molar-refractivity contribution >= 4 is 11.6 Å². The van der Waals surface area contributed by atoms with Crippen molar-refractivity contribution in [1.82, 2.24) is 5.32 Å². The lowest BCUT2D eigenvalue weighted by Crippen LogP contribution is -2.39. The van der Waals surface area contributed by atoms with E-state index in [1.54, 1.807) is 0 Å². The SMILES string of the molecule is CCCCc1cccc2c1C(=O)NC(c1cc(C)cc(C)c1)N2. The third-order valence-electron chi connectivity index (χ3n) is 4.33. The summed E-state index contributed by atoms with van der Waals surface area (Å²) in [6, 6.07) is 12.5. The number of anilines is 1. The van der Waals surface area contributed by atoms with Gasteiger partial charge in [0.05, 0.1) is 5.56 Å². The number of carbonyl (C=O) groups is 1. The van der Waals surface area contributed by atoms with Crippen molar-refractivity contribution in [2.75, 3.05) is 5.32 Å². The summed E-state index contributed by atoms with van der Waals surface area (Å²) in [7, 11) is 0. The van der Waals surface area contributed by atoms with Crippen LogP contribution in [0.3, 0.4) is 0 Å². The molecular formula is C20H24N2O. The van der Waals surface area contributed by atoms with Crippen LogP contribution in [0.2, 0.25) is 0 Å². The van der Waals surface area contributed by atoms with E-state index in [0.29, 0.717) is 0 Å². The molecule has 1 amide bonds. The smallest absolute Gasteiger partial charge is 0.255 e. The minimum atomic E-state index is -0.171. The van der Waals surface area contributed by atoms with Gasteiger partial charge in [-0.05, 0) is 43.9 Å². The van der Waals surface area contributed by atoms with Gasteiger partial charge in [0.25, 0.3) is 5.91 Å². The van der Waals surface area contributed by atoms with Gasteiger partial charge < -0.3 is 10.6 Å². The highest BCUT2D eigenvalue weighted by Gasteiger charge is 2.26. The Morgan fingerprint density at radius 3 is 2.48 bits per heavy atom. The third-order valence-corrected chi connectivity index (χ3v) is 4.33. The first-order valence-electron chi connectivity index (χ1n) is 8.36. The molecule has 1 aliphatic heterocycles. The maximum atomic E-state index is 12.7. The lowest BCUT2D eigenvalue weighted by molar-refractivity contribution is 0.0934. The van der Waals surface area contributed by atoms with E-state index in [9.17, 15) is 4.79 Å². The second kappa shape index (κ2) is 6.45. The molecule has 0 aromatic heterocycles. The molecule has 1 unspecified atom stereocenters. The van der Waals surface area contributed by atoms with Crippen LogP contribution in [0.15, 0.2) is 36.4 Å². The Labute approximate surface area is 138 Å². The molecule has 1 atom stereocenters. The molecule has 23 heavy (non-hydrogen) atoms. The molecular weight excluding hydrogens is 284 g/mol. The zero-order chi connectivity index (χ0) is 16.4. The van der Waals surface area contributed by atoms with Gasteiger partial charge in [-0.1, -0.05) is 54.8 Å². The van der Waals surface area contributed by atoms with E-state index in [2.05, 4.69) is 55.7 Å². The van der Waals surface area contributed by atoms with Crippen molar-refractivity contribution in [3.8, 4) is 0 Å². The second-order valence-corrected chi connectivity index (χ2v) is 6.42. The predicted molar refractivity (Wildman–Crippen MR) is 94.8 cm³/mol. The van der Waals surface area contributed by atoms with Crippen LogP contribution in [0.4, 0.5) is 5.69 Å². The normalized spacial score (nSPS) is 16.5. The van der Waals surface area contributed by atoms with Crippen molar-refractivity contribution < 1.29 is 4.79 Å². The number of amides is 1. The number of fused-ring (bicyclic) bond motifs is 1. The Morgan fingerprint density at radius 1 is 1.04 bits per heavy atom. The molecule has 0 aliphatic carbocycles. The van der Waals surface area contributed by atoms with E-state index < -0.39 is 0 Å². The summed E-state index contributed by atoms with van der Waals surface area (Å²) in [5.74, 6) is 0.0228. The average molecular weight is 308 g/mol. The van der Waals surface area contributed by atoms with Crippen LogP contribution >= 0.6 is 0 Å². The van der Waals surface area contributed by atoms with Crippen LogP contribution in [0.1, 0.15) is 58.5 Å². The van der Waals surface area contributed by atoms with Gasteiger partial charge in [-0.2, -0.15) is 0 Å². The van der Waals surface area contributed by atoms with Gasteiger partial charge in [0.15, 0.2) is 0 Å². The Hall–Kier alpha value is -2.29. The standard InChI is InChI=1S/C20H24N2O/c1-4-5-7-15-8-6-9-17-18(15)20(23)22-19(21-17)16-11-13(2)10-14(3)12-16/h6,8-12,19,21H,4-5,7H2,1-3H3,(H,22,23). The molecule has 3 heteroatoms. The van der Waals surface area contributed by atoms with Crippen LogP contribution in [-0.2, 0) is 6.42 Å². The zero-order valence-electron chi connectivity index (χ0n) is 14.1. The number of hydrogen-bond acceptors (Lipinski definition) is 2. The molecule has 3 rings (SSSR count). The number of unbranched alkanes of at least 4 members (excludes halogenated alkanes) is 1. The first-order chi connectivity index (χ1) is 11.1. The number of rotatable bonds is 4. The number of carbonyl (C=O) groups excluding carboxylic acids is 1. The molecule has 2 aromatic carbocycles. The molecule has 120 valence electrons. The summed E-state index contributed by atoms with van der Waals surface area (Å²) in [5.41, 5.74) is 6.39. The average Bonchev–Trinajstić information content (AvgIpc) is 2.51. The fourth-order valence-electron chi connectivity index (χ4n) is 3.30. The summed E-state index contributed by atoms with van der Waals surface area (Å²) >= 11 is 0. The van der Waals surface area contributed by atoms with Gasteiger partial charge in [-0.15, -0.1) is 0 Å². The lowest BCUT2D eigenvalue weighted by atomic mass is 9.96. The Kier molecular flexibility index (Phi) is 4.37. The number of nitrogens with one attached hydrogen (secondary N) is 2. The fraction of sp³-hybridized carbons (Fsp3) is 0.350. The molecule has 0 spiro atoms. The van der Waals surface area contributed by atoms with E-state index in [4.69, 9.17) is 0 Å². The quantitative estimate of drug-likeness (QED) is 0.873. The van der Waals surface area contributed by atoms with Crippen molar-refractivity contribution in [2.24, 2.45) is 0 Å². The van der Waals surface area contributed by atoms with E-state index in [0.717, 1.165) is 41.6 Å². The van der Waals surface area contributed by atoms with Crippen LogP contribution in [-0.4, -0.2) is 5.91 Å². The van der Waals surface area contributed by atoms with Gasteiger partial charge in [0.2, 0.25) is 0 Å². The molecule has 0 radical (unpaired) electrons. The fourth-order valence-corrected chi connectivity index (χ4v) is 3.30. The first kappa shape index (κ1) is 15.6. The van der Waals surface area contributed by atoms with Gasteiger partial charge in [0, 0.05) is 5.69 Å². The molecule has 0 bridgehead atoms. The molecule has 2 aromatic rings. The van der Waals surface area contributed by atoms with Crippen LogP contribution in [0.5, 0.6) is 0 Å². The van der Waals surface area contributed by atoms with Gasteiger partial charge in [0.1, 0.15) is 6.17 Å². The highest BCUT2D eigenvalue weighted by atomic mass is 16.2. The first-order valence-corrected chi connectivity index (χ1v) is 8.36. The number of aryl methyl sites for hydroxylation is 3. The summed E-state index contributed by atoms with van der Waals surface area (Å²) in [6.45, 7) is 6.33. The molecule has 0 saturated carbocycles.